The van der Waals surface area contributed by atoms with Crippen LogP contribution in [0.1, 0.15) is 35.1 Å². The first-order valence-electron chi connectivity index (χ1n) is 15.5. The average molecular weight is 634 g/mol. The maximum absolute atomic E-state index is 14.4. The zero-order valence-corrected chi connectivity index (χ0v) is 26.2. The molecule has 2 heterocycles. The first kappa shape index (κ1) is 30.8. The lowest BCUT2D eigenvalue weighted by Gasteiger charge is -2.43. The van der Waals surface area contributed by atoms with E-state index in [-0.39, 0.29) is 29.6 Å². The summed E-state index contributed by atoms with van der Waals surface area (Å²) in [5, 5.41) is 7.81. The van der Waals surface area contributed by atoms with Crippen LogP contribution in [0.4, 0.5) is 0 Å². The molecule has 6 rings (SSSR count). The molecule has 3 aromatic rings. The molecular formula is C35H38Cl2N4O3. The molecule has 0 bridgehead atoms. The second-order valence-corrected chi connectivity index (χ2v) is 13.1. The summed E-state index contributed by atoms with van der Waals surface area (Å²) in [5.41, 5.74) is 4.43. The minimum absolute atomic E-state index is 0.0130. The van der Waals surface area contributed by atoms with Gasteiger partial charge in [-0.3, -0.25) is 19.3 Å². The number of hydrogen-bond acceptors (Lipinski definition) is 5. The van der Waals surface area contributed by atoms with Crippen LogP contribution in [0.2, 0.25) is 10.0 Å². The van der Waals surface area contributed by atoms with Gasteiger partial charge < -0.3 is 15.5 Å². The molecule has 230 valence electrons. The number of Topliss-reactive ketones (excluding diaryl/α,β-unsaturated/α-hetero) is 1. The molecule has 1 saturated heterocycles. The van der Waals surface area contributed by atoms with Crippen LogP contribution in [0.3, 0.4) is 0 Å². The zero-order chi connectivity index (χ0) is 30.6. The Labute approximate surface area is 268 Å². The maximum atomic E-state index is 14.4. The molecule has 0 radical (unpaired) electrons. The molecule has 4 unspecified atom stereocenters. The molecule has 4 atom stereocenters. The van der Waals surface area contributed by atoms with Crippen molar-refractivity contribution >= 4 is 40.8 Å². The summed E-state index contributed by atoms with van der Waals surface area (Å²) in [6, 6.07) is 22.2. The van der Waals surface area contributed by atoms with Crippen molar-refractivity contribution in [1.82, 2.24) is 20.4 Å². The fraction of sp³-hybridized carbons (Fsp3) is 0.400. The summed E-state index contributed by atoms with van der Waals surface area (Å²) in [7, 11) is 0. The van der Waals surface area contributed by atoms with Crippen LogP contribution in [0.5, 0.6) is 0 Å². The summed E-state index contributed by atoms with van der Waals surface area (Å²) < 4.78 is 0. The lowest BCUT2D eigenvalue weighted by atomic mass is 9.95. The van der Waals surface area contributed by atoms with Gasteiger partial charge in [0.05, 0.1) is 6.04 Å². The number of carbonyl (C=O) groups is 3. The van der Waals surface area contributed by atoms with E-state index in [1.165, 1.54) is 11.1 Å². The minimum Gasteiger partial charge on any atom is -0.343 e. The molecule has 0 spiro atoms. The van der Waals surface area contributed by atoms with Gasteiger partial charge in [-0.15, -0.1) is 0 Å². The smallest absolute Gasteiger partial charge is 0.245 e. The van der Waals surface area contributed by atoms with Crippen molar-refractivity contribution in [2.45, 2.75) is 56.8 Å². The molecule has 0 aromatic heterocycles. The van der Waals surface area contributed by atoms with Gasteiger partial charge in [-0.1, -0.05) is 71.7 Å². The summed E-state index contributed by atoms with van der Waals surface area (Å²) in [6.45, 7) is 3.42. The number of nitrogens with one attached hydrogen (secondary N) is 2. The van der Waals surface area contributed by atoms with Gasteiger partial charge >= 0.3 is 0 Å². The van der Waals surface area contributed by atoms with Gasteiger partial charge in [0.1, 0.15) is 11.8 Å². The lowest BCUT2D eigenvalue weighted by Crippen LogP contribution is -2.61. The van der Waals surface area contributed by atoms with Crippen LogP contribution in [-0.2, 0) is 40.2 Å². The standard InChI is InChI=1S/C35H38Cl2N4O3/c36-28-10-8-24(9-11-28)17-32(39-34(43)31-19-25-5-1-2-6-26(25)21-38-31)35(44)41-15-14-40(22-30(41)18-27-20-33(27)42)13-12-23-4-3-7-29(37)16-23/h1-11,16,27,30-32,38H,12-15,17-22H2,(H,39,43). The first-order valence-corrected chi connectivity index (χ1v) is 16.2. The molecule has 1 aliphatic carbocycles. The highest BCUT2D eigenvalue weighted by Crippen LogP contribution is 2.32. The quantitative estimate of drug-likeness (QED) is 0.345. The number of halogens is 2. The fourth-order valence-corrected chi connectivity index (χ4v) is 6.83. The highest BCUT2D eigenvalue weighted by atomic mass is 35.5. The number of fused-ring (bicyclic) bond motifs is 1. The zero-order valence-electron chi connectivity index (χ0n) is 24.7. The maximum Gasteiger partial charge on any atom is 0.245 e. The van der Waals surface area contributed by atoms with E-state index in [9.17, 15) is 14.4 Å². The Morgan fingerprint density at radius 2 is 1.68 bits per heavy atom. The predicted octanol–water partition coefficient (Wildman–Crippen LogP) is 4.47. The summed E-state index contributed by atoms with van der Waals surface area (Å²) in [5.74, 6) is 0.000101. The Hall–Kier alpha value is -3.23. The van der Waals surface area contributed by atoms with E-state index in [2.05, 4.69) is 33.7 Å². The Morgan fingerprint density at radius 1 is 0.909 bits per heavy atom. The second-order valence-electron chi connectivity index (χ2n) is 12.3. The lowest BCUT2D eigenvalue weighted by molar-refractivity contribution is -0.141. The highest BCUT2D eigenvalue weighted by Gasteiger charge is 2.42. The minimum atomic E-state index is -0.738. The van der Waals surface area contributed by atoms with Gasteiger partial charge in [0.2, 0.25) is 11.8 Å². The average Bonchev–Trinajstić information content (AvgIpc) is 3.73. The molecule has 9 heteroatoms. The Kier molecular flexibility index (Phi) is 9.67. The van der Waals surface area contributed by atoms with E-state index in [4.69, 9.17) is 23.2 Å². The van der Waals surface area contributed by atoms with Crippen molar-refractivity contribution in [3.8, 4) is 0 Å². The number of amides is 2. The first-order chi connectivity index (χ1) is 21.3. The van der Waals surface area contributed by atoms with E-state index in [0.717, 1.165) is 35.7 Å². The van der Waals surface area contributed by atoms with Crippen molar-refractivity contribution in [2.24, 2.45) is 5.92 Å². The molecule has 2 amide bonds. The van der Waals surface area contributed by atoms with Crippen LogP contribution >= 0.6 is 23.2 Å². The normalized spacial score (nSPS) is 22.3. The van der Waals surface area contributed by atoms with E-state index in [1.54, 1.807) is 12.1 Å². The number of benzene rings is 3. The van der Waals surface area contributed by atoms with Crippen molar-refractivity contribution < 1.29 is 14.4 Å². The number of nitrogens with zero attached hydrogens (tertiary/aromatic N) is 2. The van der Waals surface area contributed by atoms with Gasteiger partial charge in [-0.05, 0) is 65.8 Å². The molecule has 2 aliphatic heterocycles. The Morgan fingerprint density at radius 3 is 2.43 bits per heavy atom. The monoisotopic (exact) mass is 632 g/mol. The number of piperazine rings is 1. The Balaban J connectivity index is 1.17. The molecule has 7 nitrogen and oxygen atoms in total. The third-order valence-corrected chi connectivity index (χ3v) is 9.61. The Bertz CT molecular complexity index is 1510. The summed E-state index contributed by atoms with van der Waals surface area (Å²) >= 11 is 12.3. The van der Waals surface area contributed by atoms with E-state index in [1.807, 2.05) is 47.4 Å². The van der Waals surface area contributed by atoms with Crippen molar-refractivity contribution in [1.29, 1.82) is 0 Å². The molecule has 1 saturated carbocycles. The van der Waals surface area contributed by atoms with Gasteiger partial charge in [0.25, 0.3) is 0 Å². The van der Waals surface area contributed by atoms with Crippen LogP contribution in [0.25, 0.3) is 0 Å². The number of hydrogen-bond donors (Lipinski definition) is 2. The van der Waals surface area contributed by atoms with Gasteiger partial charge in [0.15, 0.2) is 0 Å². The fourth-order valence-electron chi connectivity index (χ4n) is 6.49. The topological polar surface area (TPSA) is 81.8 Å². The van der Waals surface area contributed by atoms with Gasteiger partial charge in [-0.25, -0.2) is 0 Å². The molecule has 3 aliphatic rings. The van der Waals surface area contributed by atoms with Crippen LogP contribution < -0.4 is 10.6 Å². The third kappa shape index (κ3) is 7.70. The van der Waals surface area contributed by atoms with Crippen molar-refractivity contribution in [3.05, 3.63) is 105 Å². The van der Waals surface area contributed by atoms with Crippen molar-refractivity contribution in [2.75, 3.05) is 26.2 Å². The van der Waals surface area contributed by atoms with Crippen LogP contribution in [0.15, 0.2) is 72.8 Å². The van der Waals surface area contributed by atoms with E-state index in [0.29, 0.717) is 50.3 Å². The number of carbonyl (C=O) groups excluding carboxylic acids is 3. The largest absolute Gasteiger partial charge is 0.343 e. The SMILES string of the molecule is O=C1CC1CC1CN(CCc2cccc(Cl)c2)CCN1C(=O)C(Cc1ccc(Cl)cc1)NC(=O)C1Cc2ccccc2CN1. The second kappa shape index (κ2) is 13.8. The highest BCUT2D eigenvalue weighted by molar-refractivity contribution is 6.30. The van der Waals surface area contributed by atoms with E-state index < -0.39 is 12.1 Å². The molecule has 44 heavy (non-hydrogen) atoms. The summed E-state index contributed by atoms with van der Waals surface area (Å²) in [4.78, 5) is 44.3. The molecule has 3 aromatic carbocycles. The summed E-state index contributed by atoms with van der Waals surface area (Å²) in [6.07, 6.45) is 3.02. The molecule has 2 N–H and O–H groups in total. The van der Waals surface area contributed by atoms with E-state index >= 15 is 0 Å². The molecular weight excluding hydrogens is 595 g/mol. The van der Waals surface area contributed by atoms with Crippen LogP contribution in [-0.4, -0.2) is 71.7 Å². The number of ketones is 1. The van der Waals surface area contributed by atoms with Crippen molar-refractivity contribution in [3.63, 3.8) is 0 Å². The molecule has 2 fully saturated rings. The van der Waals surface area contributed by atoms with Gasteiger partial charge in [0, 0.05) is 67.6 Å². The number of rotatable bonds is 10. The predicted molar refractivity (Wildman–Crippen MR) is 173 cm³/mol. The van der Waals surface area contributed by atoms with Crippen LogP contribution in [0, 0.1) is 5.92 Å². The third-order valence-electron chi connectivity index (χ3n) is 9.12. The van der Waals surface area contributed by atoms with Gasteiger partial charge in [-0.2, -0.15) is 0 Å².